The zero-order chi connectivity index (χ0) is 14.7. The van der Waals surface area contributed by atoms with Gasteiger partial charge in [0.2, 0.25) is 0 Å². The van der Waals surface area contributed by atoms with E-state index in [0.717, 1.165) is 35.9 Å². The zero-order valence-electron chi connectivity index (χ0n) is 12.4. The van der Waals surface area contributed by atoms with Gasteiger partial charge in [-0.2, -0.15) is 0 Å². The minimum absolute atomic E-state index is 0.580. The third kappa shape index (κ3) is 3.51. The average Bonchev–Trinajstić information content (AvgIpc) is 3.18. The van der Waals surface area contributed by atoms with Crippen molar-refractivity contribution < 1.29 is 9.15 Å². The molecular formula is C17H22N2O2. The Hall–Kier alpha value is -2.10. The van der Waals surface area contributed by atoms with Crippen LogP contribution in [0, 0.1) is 0 Å². The second-order valence-corrected chi connectivity index (χ2v) is 5.55. The fourth-order valence-electron chi connectivity index (χ4n) is 2.46. The second kappa shape index (κ2) is 6.12. The molecule has 0 aliphatic heterocycles. The fraction of sp³-hybridized carbons (Fsp3) is 0.412. The smallest absolute Gasteiger partial charge is 0.123 e. The van der Waals surface area contributed by atoms with Crippen LogP contribution in [0.3, 0.4) is 0 Å². The maximum Gasteiger partial charge on any atom is 0.123 e. The van der Waals surface area contributed by atoms with Gasteiger partial charge in [-0.3, -0.25) is 0 Å². The van der Waals surface area contributed by atoms with E-state index in [9.17, 15) is 0 Å². The number of nitrogens with zero attached hydrogens (tertiary/aromatic N) is 1. The van der Waals surface area contributed by atoms with Crippen molar-refractivity contribution in [3.05, 3.63) is 42.4 Å². The standard InChI is InChI=1S/C17H22N2O2/c1-2-7-20-17-10-13(18)9-15(11-17)19(14-5-6-14)12-16-4-3-8-21-16/h3-4,8-11,14H,2,5-7,12,18H2,1H3. The molecule has 1 fully saturated rings. The quantitative estimate of drug-likeness (QED) is 0.786. The summed E-state index contributed by atoms with van der Waals surface area (Å²) in [5.74, 6) is 1.82. The molecule has 1 aromatic carbocycles. The highest BCUT2D eigenvalue weighted by Gasteiger charge is 2.30. The maximum atomic E-state index is 6.03. The largest absolute Gasteiger partial charge is 0.493 e. The van der Waals surface area contributed by atoms with Gasteiger partial charge in [0.05, 0.1) is 19.4 Å². The van der Waals surface area contributed by atoms with E-state index in [0.29, 0.717) is 12.6 Å². The highest BCUT2D eigenvalue weighted by atomic mass is 16.5. The topological polar surface area (TPSA) is 51.6 Å². The Kier molecular flexibility index (Phi) is 4.04. The normalized spacial score (nSPS) is 14.1. The number of hydrogen-bond acceptors (Lipinski definition) is 4. The van der Waals surface area contributed by atoms with Crippen LogP contribution >= 0.6 is 0 Å². The van der Waals surface area contributed by atoms with Gasteiger partial charge in [-0.05, 0) is 37.5 Å². The molecule has 0 atom stereocenters. The summed E-state index contributed by atoms with van der Waals surface area (Å²) in [6.45, 7) is 3.58. The van der Waals surface area contributed by atoms with Gasteiger partial charge in [0.15, 0.2) is 0 Å². The summed E-state index contributed by atoms with van der Waals surface area (Å²) in [6, 6.07) is 10.5. The fourth-order valence-corrected chi connectivity index (χ4v) is 2.46. The van der Waals surface area contributed by atoms with Crippen molar-refractivity contribution in [2.24, 2.45) is 0 Å². The van der Waals surface area contributed by atoms with Crippen molar-refractivity contribution in [2.45, 2.75) is 38.8 Å². The van der Waals surface area contributed by atoms with E-state index in [1.165, 1.54) is 12.8 Å². The minimum Gasteiger partial charge on any atom is -0.493 e. The second-order valence-electron chi connectivity index (χ2n) is 5.55. The lowest BCUT2D eigenvalue weighted by Crippen LogP contribution is -2.24. The number of anilines is 2. The van der Waals surface area contributed by atoms with Crippen LogP contribution < -0.4 is 15.4 Å². The van der Waals surface area contributed by atoms with Crippen LogP contribution in [-0.4, -0.2) is 12.6 Å². The van der Waals surface area contributed by atoms with Gasteiger partial charge in [-0.1, -0.05) is 6.92 Å². The predicted molar refractivity (Wildman–Crippen MR) is 84.6 cm³/mol. The Bertz CT molecular complexity index is 576. The Morgan fingerprint density at radius 3 is 2.86 bits per heavy atom. The lowest BCUT2D eigenvalue weighted by Gasteiger charge is -2.24. The first-order valence-corrected chi connectivity index (χ1v) is 7.58. The molecule has 3 rings (SSSR count). The van der Waals surface area contributed by atoms with Crippen molar-refractivity contribution in [3.63, 3.8) is 0 Å². The van der Waals surface area contributed by atoms with E-state index in [-0.39, 0.29) is 0 Å². The van der Waals surface area contributed by atoms with Gasteiger partial charge in [0, 0.05) is 29.5 Å². The number of nitrogen functional groups attached to an aromatic ring is 1. The molecule has 4 heteroatoms. The third-order valence-electron chi connectivity index (χ3n) is 3.61. The van der Waals surface area contributed by atoms with Crippen molar-refractivity contribution in [3.8, 4) is 5.75 Å². The minimum atomic E-state index is 0.580. The van der Waals surface area contributed by atoms with Crippen molar-refractivity contribution in [1.82, 2.24) is 0 Å². The molecule has 0 saturated heterocycles. The molecule has 2 aromatic rings. The molecule has 4 nitrogen and oxygen atoms in total. The first-order valence-electron chi connectivity index (χ1n) is 7.58. The summed E-state index contributed by atoms with van der Waals surface area (Å²) in [5.41, 5.74) is 7.88. The molecule has 2 N–H and O–H groups in total. The molecule has 21 heavy (non-hydrogen) atoms. The third-order valence-corrected chi connectivity index (χ3v) is 3.61. The maximum absolute atomic E-state index is 6.03. The van der Waals surface area contributed by atoms with Crippen LogP contribution in [0.15, 0.2) is 41.0 Å². The Morgan fingerprint density at radius 2 is 2.19 bits per heavy atom. The van der Waals surface area contributed by atoms with Crippen LogP contribution in [0.4, 0.5) is 11.4 Å². The van der Waals surface area contributed by atoms with Gasteiger partial charge in [-0.15, -0.1) is 0 Å². The lowest BCUT2D eigenvalue weighted by atomic mass is 10.2. The predicted octanol–water partition coefficient (Wildman–Crippen LogP) is 3.82. The molecule has 1 aliphatic rings. The number of benzene rings is 1. The molecule has 0 amide bonds. The highest BCUT2D eigenvalue weighted by Crippen LogP contribution is 2.36. The molecule has 0 bridgehead atoms. The van der Waals surface area contributed by atoms with E-state index in [1.807, 2.05) is 24.3 Å². The summed E-state index contributed by atoms with van der Waals surface area (Å²) in [7, 11) is 0. The average molecular weight is 286 g/mol. The Morgan fingerprint density at radius 1 is 1.33 bits per heavy atom. The van der Waals surface area contributed by atoms with Gasteiger partial charge < -0.3 is 19.8 Å². The number of rotatable bonds is 7. The monoisotopic (exact) mass is 286 g/mol. The molecule has 1 aliphatic carbocycles. The van der Waals surface area contributed by atoms with Crippen molar-refractivity contribution in [2.75, 3.05) is 17.2 Å². The molecule has 1 heterocycles. The van der Waals surface area contributed by atoms with E-state index in [2.05, 4.69) is 17.9 Å². The summed E-state index contributed by atoms with van der Waals surface area (Å²) >= 11 is 0. The molecular weight excluding hydrogens is 264 g/mol. The number of furan rings is 1. The first kappa shape index (κ1) is 13.9. The molecule has 112 valence electrons. The van der Waals surface area contributed by atoms with Crippen LogP contribution in [-0.2, 0) is 6.54 Å². The first-order chi connectivity index (χ1) is 10.3. The zero-order valence-corrected chi connectivity index (χ0v) is 12.4. The van der Waals surface area contributed by atoms with Gasteiger partial charge in [0.1, 0.15) is 11.5 Å². The Balaban J connectivity index is 1.82. The van der Waals surface area contributed by atoms with E-state index >= 15 is 0 Å². The van der Waals surface area contributed by atoms with Gasteiger partial charge in [-0.25, -0.2) is 0 Å². The number of ether oxygens (including phenoxy) is 1. The molecule has 1 aromatic heterocycles. The van der Waals surface area contributed by atoms with Crippen LogP contribution in [0.1, 0.15) is 31.9 Å². The van der Waals surface area contributed by atoms with Crippen LogP contribution in [0.2, 0.25) is 0 Å². The highest BCUT2D eigenvalue weighted by molar-refractivity contribution is 5.61. The Labute approximate surface area is 125 Å². The summed E-state index contributed by atoms with van der Waals surface area (Å²) < 4.78 is 11.2. The number of hydrogen-bond donors (Lipinski definition) is 1. The van der Waals surface area contributed by atoms with Gasteiger partial charge >= 0.3 is 0 Å². The molecule has 0 spiro atoms. The van der Waals surface area contributed by atoms with E-state index in [1.54, 1.807) is 6.26 Å². The SMILES string of the molecule is CCCOc1cc(N)cc(N(Cc2ccco2)C2CC2)c1. The van der Waals surface area contributed by atoms with Crippen molar-refractivity contribution in [1.29, 1.82) is 0 Å². The summed E-state index contributed by atoms with van der Waals surface area (Å²) in [4.78, 5) is 2.36. The lowest BCUT2D eigenvalue weighted by molar-refractivity contribution is 0.317. The molecule has 0 radical (unpaired) electrons. The van der Waals surface area contributed by atoms with Crippen LogP contribution in [0.25, 0.3) is 0 Å². The van der Waals surface area contributed by atoms with Crippen LogP contribution in [0.5, 0.6) is 5.75 Å². The summed E-state index contributed by atoms with van der Waals surface area (Å²) in [5, 5.41) is 0. The van der Waals surface area contributed by atoms with Gasteiger partial charge in [0.25, 0.3) is 0 Å². The molecule has 0 unspecified atom stereocenters. The van der Waals surface area contributed by atoms with E-state index < -0.39 is 0 Å². The summed E-state index contributed by atoms with van der Waals surface area (Å²) in [6.07, 6.45) is 5.15. The molecule has 1 saturated carbocycles. The number of nitrogens with two attached hydrogens (primary N) is 1. The van der Waals surface area contributed by atoms with E-state index in [4.69, 9.17) is 14.9 Å². The van der Waals surface area contributed by atoms with Crippen molar-refractivity contribution >= 4 is 11.4 Å².